The molecule has 0 atom stereocenters. The minimum atomic E-state index is 0.521. The van der Waals surface area contributed by atoms with Crippen LogP contribution in [-0.4, -0.2) is 54.8 Å². The summed E-state index contributed by atoms with van der Waals surface area (Å²) in [7, 11) is 0. The molecule has 11 nitrogen and oxygen atoms in total. The maximum absolute atomic E-state index is 5.31. The predicted octanol–water partition coefficient (Wildman–Crippen LogP) is 26.3. The largest absolute Gasteiger partial charge is 0.264 e. The van der Waals surface area contributed by atoms with E-state index in [4.69, 9.17) is 44.9 Å². The van der Waals surface area contributed by atoms with Crippen LogP contribution in [0.1, 0.15) is 0 Å². The molecule has 11 heteroatoms. The summed E-state index contributed by atoms with van der Waals surface area (Å²) >= 11 is 0. The Balaban J connectivity index is 0.000000103. The van der Waals surface area contributed by atoms with E-state index >= 15 is 0 Å². The molecule has 0 aliphatic carbocycles. The lowest BCUT2D eigenvalue weighted by atomic mass is 9.87. The molecule has 9 heterocycles. The number of aromatic nitrogens is 11. The fraction of sp³-hybridized carbons (Fsp3) is 0. The second-order valence-electron chi connectivity index (χ2n) is 29.4. The van der Waals surface area contributed by atoms with Crippen LogP contribution in [0.25, 0.3) is 241 Å². The molecule has 0 spiro atoms. The van der Waals surface area contributed by atoms with Crippen LogP contribution < -0.4 is 0 Å². The van der Waals surface area contributed by atoms with Crippen molar-refractivity contribution in [2.45, 2.75) is 0 Å². The SMILES string of the molecule is c1ccc(-c2nc(-c3ccccc3)nc(-c3ccc4c(n3)c3ncccc3c3c5ccccc5c5ccccc5c43)n2)cc1.c1cncc(-c2ccc3cc4c5ccccc5c5cc6cccnc6c6ccc(c3n2)c4c56)c1.c1cncc(-c2cccc(-c3ccc4c(n3)c3ccccc3c3c5ccccc5c5ncccc5c43)c2)c1. The summed E-state index contributed by atoms with van der Waals surface area (Å²) in [5, 5.41) is 31.2. The quantitative estimate of drug-likeness (QED) is 0.116. The summed E-state index contributed by atoms with van der Waals surface area (Å²) < 4.78 is 0. The smallest absolute Gasteiger partial charge is 0.182 e. The summed E-state index contributed by atoms with van der Waals surface area (Å²) in [4.78, 5) is 53.5. The van der Waals surface area contributed by atoms with E-state index in [1.165, 1.54) is 108 Å². The van der Waals surface area contributed by atoms with Crippen LogP contribution in [0.4, 0.5) is 0 Å². The number of hydrogen-bond acceptors (Lipinski definition) is 11. The van der Waals surface area contributed by atoms with Crippen LogP contribution in [0.15, 0.2) is 371 Å². The van der Waals surface area contributed by atoms with Crippen molar-refractivity contribution >= 4 is 173 Å². The van der Waals surface area contributed by atoms with Crippen molar-refractivity contribution in [2.75, 3.05) is 0 Å². The Morgan fingerprint density at radius 2 is 0.509 bits per heavy atom. The van der Waals surface area contributed by atoms with Crippen molar-refractivity contribution in [2.24, 2.45) is 0 Å². The standard InChI is InChI=1S/C39H23N5.C35H21N3.C31H17N3/c1-3-12-24(13-4-1)37-42-38(25-14-5-2-6-15-25)44-39(43-37)32-22-21-31-34-29-19-10-8-17-27(29)26-16-7-9-18-28(26)33(34)30-20-11-23-40-35(30)36(31)41-32;1-3-13-27-25(11-1)32-26-12-2-4-14-28(26)35-30(33(32)29-15-7-19-37-34(27)29)16-17-31(38-35)23-9-5-8-22(20-23)24-10-6-18-36-21-24;1-2-8-22-21(7-1)25-15-18-5-4-14-33-30(18)23-10-11-24-29(28(23)25)26(22)16-19-9-12-27(34-31(19)24)20-6-3-13-32-17-20/h1-23H;1-21H;1-17H. The van der Waals surface area contributed by atoms with Crippen molar-refractivity contribution in [1.29, 1.82) is 0 Å². The lowest BCUT2D eigenvalue weighted by Crippen LogP contribution is -2.01. The van der Waals surface area contributed by atoms with Crippen LogP contribution in [0, 0.1) is 0 Å². The molecule has 0 radical (unpaired) electrons. The normalized spacial score (nSPS) is 11.8. The molecule has 0 fully saturated rings. The van der Waals surface area contributed by atoms with Gasteiger partial charge in [-0.3, -0.25) is 24.9 Å². The number of fused-ring (bicyclic) bond motifs is 29. The molecule has 0 saturated carbocycles. The molecule has 0 N–H and O–H groups in total. The van der Waals surface area contributed by atoms with Gasteiger partial charge < -0.3 is 0 Å². The van der Waals surface area contributed by atoms with Gasteiger partial charge in [0.2, 0.25) is 0 Å². The summed E-state index contributed by atoms with van der Waals surface area (Å²) in [5.74, 6) is 1.73. The third-order valence-electron chi connectivity index (χ3n) is 23.0. The van der Waals surface area contributed by atoms with Crippen LogP contribution in [0.2, 0.25) is 0 Å². The number of pyridine rings is 8. The van der Waals surface area contributed by atoms with E-state index in [9.17, 15) is 0 Å². The van der Waals surface area contributed by atoms with Gasteiger partial charge in [0.15, 0.2) is 17.5 Å². The molecule has 25 aromatic rings. The molecule has 0 unspecified atom stereocenters. The Hall–Kier alpha value is -15.9. The number of nitrogens with zero attached hydrogens (tertiary/aromatic N) is 11. The predicted molar refractivity (Wildman–Crippen MR) is 479 cm³/mol. The summed E-state index contributed by atoms with van der Waals surface area (Å²) in [6, 6.07) is 114. The second-order valence-corrected chi connectivity index (χ2v) is 29.4. The average Bonchev–Trinajstić information content (AvgIpc) is 0.717. The van der Waals surface area contributed by atoms with Gasteiger partial charge in [-0.05, 0) is 150 Å². The molecule has 16 aromatic carbocycles. The molecule has 116 heavy (non-hydrogen) atoms. The van der Waals surface area contributed by atoms with Crippen LogP contribution in [0.5, 0.6) is 0 Å². The van der Waals surface area contributed by atoms with Gasteiger partial charge >= 0.3 is 0 Å². The molecule has 0 amide bonds. The van der Waals surface area contributed by atoms with Crippen LogP contribution >= 0.6 is 0 Å². The first-order chi connectivity index (χ1) is 57.6. The number of hydrogen-bond donors (Lipinski definition) is 0. The van der Waals surface area contributed by atoms with Gasteiger partial charge in [-0.1, -0.05) is 243 Å². The highest BCUT2D eigenvalue weighted by Crippen LogP contribution is 2.49. The van der Waals surface area contributed by atoms with E-state index in [-0.39, 0.29) is 0 Å². The van der Waals surface area contributed by atoms with E-state index in [0.29, 0.717) is 23.2 Å². The molecule has 9 aromatic heterocycles. The van der Waals surface area contributed by atoms with E-state index in [0.717, 1.165) is 110 Å². The molecule has 0 aliphatic rings. The molecule has 536 valence electrons. The monoisotopic (exact) mass is 1480 g/mol. The van der Waals surface area contributed by atoms with Gasteiger partial charge in [-0.25, -0.2) is 29.9 Å². The van der Waals surface area contributed by atoms with Gasteiger partial charge in [0.05, 0.1) is 44.5 Å². The lowest BCUT2D eigenvalue weighted by molar-refractivity contribution is 1.06. The third kappa shape index (κ3) is 10.7. The second kappa shape index (κ2) is 27.0. The van der Waals surface area contributed by atoms with Crippen LogP contribution in [-0.2, 0) is 0 Å². The lowest BCUT2D eigenvalue weighted by Gasteiger charge is -2.17. The summed E-state index contributed by atoms with van der Waals surface area (Å²) in [5.41, 5.74) is 14.5. The number of rotatable bonds is 6. The third-order valence-corrected chi connectivity index (χ3v) is 23.0. The molecular formula is C105H61N11. The molecule has 25 rings (SSSR count). The first kappa shape index (κ1) is 66.0. The summed E-state index contributed by atoms with van der Waals surface area (Å²) in [6.45, 7) is 0. The van der Waals surface area contributed by atoms with Gasteiger partial charge in [0, 0.05) is 152 Å². The highest BCUT2D eigenvalue weighted by atomic mass is 15.0. The average molecular weight is 1480 g/mol. The van der Waals surface area contributed by atoms with E-state index in [1.807, 2.05) is 128 Å². The van der Waals surface area contributed by atoms with Gasteiger partial charge in [-0.2, -0.15) is 0 Å². The Bertz CT molecular complexity index is 8280. The maximum Gasteiger partial charge on any atom is 0.182 e. The highest BCUT2D eigenvalue weighted by molar-refractivity contribution is 6.42. The van der Waals surface area contributed by atoms with Gasteiger partial charge in [0.1, 0.15) is 5.69 Å². The zero-order chi connectivity index (χ0) is 76.3. The molecular weight excluding hydrogens is 1420 g/mol. The Labute approximate surface area is 662 Å². The Morgan fingerprint density at radius 3 is 1.11 bits per heavy atom. The van der Waals surface area contributed by atoms with E-state index in [1.54, 1.807) is 12.4 Å². The van der Waals surface area contributed by atoms with Crippen molar-refractivity contribution in [3.63, 3.8) is 0 Å². The molecule has 0 aliphatic heterocycles. The number of benzene rings is 16. The van der Waals surface area contributed by atoms with Crippen LogP contribution in [0.3, 0.4) is 0 Å². The molecule has 0 saturated heterocycles. The summed E-state index contributed by atoms with van der Waals surface area (Å²) in [6.07, 6.45) is 13.0. The van der Waals surface area contributed by atoms with Crippen molar-refractivity contribution in [3.8, 4) is 67.9 Å². The van der Waals surface area contributed by atoms with Crippen molar-refractivity contribution in [3.05, 3.63) is 371 Å². The van der Waals surface area contributed by atoms with Crippen molar-refractivity contribution < 1.29 is 0 Å². The molecule has 0 bridgehead atoms. The Kier molecular flexibility index (Phi) is 15.3. The van der Waals surface area contributed by atoms with E-state index in [2.05, 4.69) is 240 Å². The van der Waals surface area contributed by atoms with Gasteiger partial charge in [0.25, 0.3) is 0 Å². The highest BCUT2D eigenvalue weighted by Gasteiger charge is 2.24. The maximum atomic E-state index is 5.31. The zero-order valence-corrected chi connectivity index (χ0v) is 62.1. The zero-order valence-electron chi connectivity index (χ0n) is 62.1. The minimum absolute atomic E-state index is 0.521. The first-order valence-electron chi connectivity index (χ1n) is 38.8. The fourth-order valence-corrected chi connectivity index (χ4v) is 17.9. The Morgan fingerprint density at radius 1 is 0.155 bits per heavy atom. The van der Waals surface area contributed by atoms with Gasteiger partial charge in [-0.15, -0.1) is 0 Å². The first-order valence-corrected chi connectivity index (χ1v) is 38.8. The topological polar surface area (TPSA) is 142 Å². The minimum Gasteiger partial charge on any atom is -0.264 e. The van der Waals surface area contributed by atoms with Crippen molar-refractivity contribution in [1.82, 2.24) is 54.8 Å². The van der Waals surface area contributed by atoms with E-state index < -0.39 is 0 Å². The fourth-order valence-electron chi connectivity index (χ4n) is 17.9.